The molecule has 6 nitrogen and oxygen atoms in total. The minimum absolute atomic E-state index is 0.0933. The van der Waals surface area contributed by atoms with Gasteiger partial charge in [-0.1, -0.05) is 12.1 Å². The molecule has 0 spiro atoms. The third kappa shape index (κ3) is 4.73. The fourth-order valence-corrected chi connectivity index (χ4v) is 4.40. The van der Waals surface area contributed by atoms with Crippen molar-refractivity contribution < 1.29 is 17.9 Å². The molecule has 1 aliphatic heterocycles. The van der Waals surface area contributed by atoms with E-state index >= 15 is 0 Å². The van der Waals surface area contributed by atoms with Gasteiger partial charge in [-0.3, -0.25) is 0 Å². The Bertz CT molecular complexity index is 860. The summed E-state index contributed by atoms with van der Waals surface area (Å²) < 4.78 is 38.3. The van der Waals surface area contributed by atoms with E-state index in [1.165, 1.54) is 45.2 Å². The van der Waals surface area contributed by atoms with Gasteiger partial charge in [0, 0.05) is 31.4 Å². The SMILES string of the molecule is COc1ccc(S(=O)(=O)NCc2ccc(N3CCCCC3)cc2)c(OC)c1. The minimum Gasteiger partial charge on any atom is -0.497 e. The molecule has 0 radical (unpaired) electrons. The molecule has 0 atom stereocenters. The van der Waals surface area contributed by atoms with Crippen molar-refractivity contribution in [1.82, 2.24) is 4.72 Å². The Morgan fingerprint density at radius 2 is 1.67 bits per heavy atom. The number of benzene rings is 2. The number of methoxy groups -OCH3 is 2. The summed E-state index contributed by atoms with van der Waals surface area (Å²) in [6, 6.07) is 12.7. The maximum atomic E-state index is 12.7. The van der Waals surface area contributed by atoms with Crippen LogP contribution in [0.1, 0.15) is 24.8 Å². The summed E-state index contributed by atoms with van der Waals surface area (Å²) in [5.41, 5.74) is 2.10. The highest BCUT2D eigenvalue weighted by Crippen LogP contribution is 2.28. The number of hydrogen-bond donors (Lipinski definition) is 1. The third-order valence-electron chi connectivity index (χ3n) is 4.78. The molecule has 1 heterocycles. The standard InChI is InChI=1S/C20H26N2O4S/c1-25-18-10-11-20(19(14-18)26-2)27(23,24)21-15-16-6-8-17(9-7-16)22-12-4-3-5-13-22/h6-11,14,21H,3-5,12-13,15H2,1-2H3. The van der Waals surface area contributed by atoms with Gasteiger partial charge in [0.2, 0.25) is 10.0 Å². The largest absolute Gasteiger partial charge is 0.497 e. The number of ether oxygens (including phenoxy) is 2. The predicted octanol–water partition coefficient (Wildman–Crippen LogP) is 3.17. The normalized spacial score (nSPS) is 14.8. The van der Waals surface area contributed by atoms with Gasteiger partial charge in [-0.05, 0) is 49.1 Å². The number of hydrogen-bond acceptors (Lipinski definition) is 5. The number of sulfonamides is 1. The molecule has 0 aliphatic carbocycles. The Morgan fingerprint density at radius 1 is 0.963 bits per heavy atom. The molecule has 0 unspecified atom stereocenters. The van der Waals surface area contributed by atoms with Gasteiger partial charge in [0.1, 0.15) is 16.4 Å². The van der Waals surface area contributed by atoms with E-state index in [0.29, 0.717) is 5.75 Å². The van der Waals surface area contributed by atoms with Crippen molar-refractivity contribution in [3.05, 3.63) is 48.0 Å². The topological polar surface area (TPSA) is 67.9 Å². The fourth-order valence-electron chi connectivity index (χ4n) is 3.23. The number of anilines is 1. The van der Waals surface area contributed by atoms with Gasteiger partial charge < -0.3 is 14.4 Å². The molecule has 1 fully saturated rings. The molecule has 2 aromatic rings. The monoisotopic (exact) mass is 390 g/mol. The van der Waals surface area contributed by atoms with Gasteiger partial charge in [0.25, 0.3) is 0 Å². The van der Waals surface area contributed by atoms with Gasteiger partial charge in [-0.2, -0.15) is 0 Å². The van der Waals surface area contributed by atoms with Gasteiger partial charge in [0.05, 0.1) is 14.2 Å². The van der Waals surface area contributed by atoms with Crippen LogP contribution in [0.25, 0.3) is 0 Å². The first kappa shape index (κ1) is 19.5. The number of nitrogens with one attached hydrogen (secondary N) is 1. The lowest BCUT2D eigenvalue weighted by molar-refractivity contribution is 0.386. The Hall–Kier alpha value is -2.25. The zero-order valence-electron chi connectivity index (χ0n) is 15.8. The lowest BCUT2D eigenvalue weighted by Crippen LogP contribution is -2.29. The van der Waals surface area contributed by atoms with E-state index in [-0.39, 0.29) is 17.2 Å². The highest BCUT2D eigenvalue weighted by Gasteiger charge is 2.20. The van der Waals surface area contributed by atoms with Crippen molar-refractivity contribution in [3.8, 4) is 11.5 Å². The molecule has 7 heteroatoms. The van der Waals surface area contributed by atoms with Crippen LogP contribution in [-0.2, 0) is 16.6 Å². The van der Waals surface area contributed by atoms with Crippen LogP contribution in [0.5, 0.6) is 11.5 Å². The van der Waals surface area contributed by atoms with Gasteiger partial charge in [-0.15, -0.1) is 0 Å². The highest BCUT2D eigenvalue weighted by atomic mass is 32.2. The molecule has 1 N–H and O–H groups in total. The summed E-state index contributed by atoms with van der Waals surface area (Å²) in [6.45, 7) is 2.39. The van der Waals surface area contributed by atoms with Crippen molar-refractivity contribution in [2.45, 2.75) is 30.7 Å². The molecule has 3 rings (SSSR count). The molecule has 0 saturated carbocycles. The smallest absolute Gasteiger partial charge is 0.244 e. The van der Waals surface area contributed by atoms with Crippen LogP contribution in [-0.4, -0.2) is 35.7 Å². The van der Waals surface area contributed by atoms with Crippen molar-refractivity contribution in [1.29, 1.82) is 0 Å². The van der Waals surface area contributed by atoms with E-state index < -0.39 is 10.0 Å². The predicted molar refractivity (Wildman–Crippen MR) is 106 cm³/mol. The van der Waals surface area contributed by atoms with Crippen LogP contribution in [0.4, 0.5) is 5.69 Å². The maximum absolute atomic E-state index is 12.7. The molecule has 2 aromatic carbocycles. The van der Waals surface area contributed by atoms with Gasteiger partial charge in [0.15, 0.2) is 0 Å². The van der Waals surface area contributed by atoms with Gasteiger partial charge >= 0.3 is 0 Å². The van der Waals surface area contributed by atoms with E-state index in [2.05, 4.69) is 21.8 Å². The van der Waals surface area contributed by atoms with Crippen LogP contribution in [0.2, 0.25) is 0 Å². The molecule has 1 saturated heterocycles. The van der Waals surface area contributed by atoms with Crippen molar-refractivity contribution >= 4 is 15.7 Å². The Labute approximate surface area is 161 Å². The van der Waals surface area contributed by atoms with Crippen LogP contribution in [0, 0.1) is 0 Å². The van der Waals surface area contributed by atoms with E-state index in [0.717, 1.165) is 18.7 Å². The molecular formula is C20H26N2O4S. The summed E-state index contributed by atoms with van der Waals surface area (Å²) in [7, 11) is -0.738. The minimum atomic E-state index is -3.70. The second-order valence-electron chi connectivity index (χ2n) is 6.56. The third-order valence-corrected chi connectivity index (χ3v) is 6.22. The number of piperidine rings is 1. The molecular weight excluding hydrogens is 364 g/mol. The zero-order valence-corrected chi connectivity index (χ0v) is 16.6. The van der Waals surface area contributed by atoms with E-state index in [9.17, 15) is 8.42 Å². The molecule has 146 valence electrons. The Kier molecular flexibility index (Phi) is 6.23. The average Bonchev–Trinajstić information content (AvgIpc) is 2.72. The first-order valence-electron chi connectivity index (χ1n) is 9.09. The maximum Gasteiger partial charge on any atom is 0.244 e. The lowest BCUT2D eigenvalue weighted by Gasteiger charge is -2.28. The molecule has 0 amide bonds. The summed E-state index contributed by atoms with van der Waals surface area (Å²) in [4.78, 5) is 2.47. The quantitative estimate of drug-likeness (QED) is 0.786. The summed E-state index contributed by atoms with van der Waals surface area (Å²) in [5, 5.41) is 0. The van der Waals surface area contributed by atoms with E-state index in [4.69, 9.17) is 9.47 Å². The van der Waals surface area contributed by atoms with Crippen LogP contribution in [0.15, 0.2) is 47.4 Å². The van der Waals surface area contributed by atoms with Gasteiger partial charge in [-0.25, -0.2) is 13.1 Å². The summed E-state index contributed by atoms with van der Waals surface area (Å²) in [5.74, 6) is 0.793. The number of nitrogens with zero attached hydrogens (tertiary/aromatic N) is 1. The lowest BCUT2D eigenvalue weighted by atomic mass is 10.1. The van der Waals surface area contributed by atoms with Crippen LogP contribution < -0.4 is 19.1 Å². The molecule has 0 bridgehead atoms. The summed E-state index contributed by atoms with van der Waals surface area (Å²) in [6.07, 6.45) is 3.75. The van der Waals surface area contributed by atoms with Crippen molar-refractivity contribution in [3.63, 3.8) is 0 Å². The van der Waals surface area contributed by atoms with Crippen molar-refractivity contribution in [2.24, 2.45) is 0 Å². The second-order valence-corrected chi connectivity index (χ2v) is 8.29. The first-order valence-corrected chi connectivity index (χ1v) is 10.6. The Balaban J connectivity index is 1.68. The molecule has 0 aromatic heterocycles. The van der Waals surface area contributed by atoms with Crippen molar-refractivity contribution in [2.75, 3.05) is 32.2 Å². The van der Waals surface area contributed by atoms with E-state index in [1.54, 1.807) is 12.1 Å². The summed E-state index contributed by atoms with van der Waals surface area (Å²) >= 11 is 0. The number of rotatable bonds is 7. The zero-order chi connectivity index (χ0) is 19.3. The molecule has 27 heavy (non-hydrogen) atoms. The first-order chi connectivity index (χ1) is 13.0. The fraction of sp³-hybridized carbons (Fsp3) is 0.400. The highest BCUT2D eigenvalue weighted by molar-refractivity contribution is 7.89. The van der Waals surface area contributed by atoms with Crippen LogP contribution >= 0.6 is 0 Å². The van der Waals surface area contributed by atoms with E-state index in [1.807, 2.05) is 12.1 Å². The Morgan fingerprint density at radius 3 is 2.30 bits per heavy atom. The average molecular weight is 391 g/mol. The second kappa shape index (κ2) is 8.63. The van der Waals surface area contributed by atoms with Crippen LogP contribution in [0.3, 0.4) is 0 Å². The molecule has 1 aliphatic rings.